The smallest absolute Gasteiger partial charge is 0.333 e. The number of anilines is 1. The lowest BCUT2D eigenvalue weighted by molar-refractivity contribution is -0.645. The van der Waals surface area contributed by atoms with Gasteiger partial charge in [0.25, 0.3) is 21.9 Å². The molecule has 4 aromatic rings. The number of aromatic nitrogens is 1. The number of hydrogen-bond donors (Lipinski definition) is 1. The Morgan fingerprint density at radius 3 is 1.98 bits per heavy atom. The van der Waals surface area contributed by atoms with Gasteiger partial charge in [-0.05, 0) is 57.2 Å². The molecule has 1 atom stereocenters. The summed E-state index contributed by atoms with van der Waals surface area (Å²) in [6, 6.07) is 14.9. The quantitative estimate of drug-likeness (QED) is 0.0139. The Hall–Kier alpha value is -5.24. The molecule has 3 aromatic carbocycles. The summed E-state index contributed by atoms with van der Waals surface area (Å²) in [5.74, 6) is -10.5. The molecular weight excluding hydrogens is 883 g/mol. The third-order valence-corrected chi connectivity index (χ3v) is 12.8. The molecular formula is C45H53F4N3O10S2. The number of amides is 2. The van der Waals surface area contributed by atoms with E-state index in [4.69, 9.17) is 4.84 Å². The average Bonchev–Trinajstić information content (AvgIpc) is 3.66. The summed E-state index contributed by atoms with van der Waals surface area (Å²) in [5.41, 5.74) is 0.0344. The van der Waals surface area contributed by atoms with Crippen molar-refractivity contribution in [2.45, 2.75) is 104 Å². The van der Waals surface area contributed by atoms with Crippen LogP contribution >= 0.6 is 0 Å². The Balaban J connectivity index is 0.00000449. The number of fused-ring (bicyclic) bond motifs is 3. The molecule has 1 aromatic heterocycles. The molecule has 64 heavy (non-hydrogen) atoms. The molecule has 348 valence electrons. The van der Waals surface area contributed by atoms with Crippen LogP contribution in [-0.4, -0.2) is 66.8 Å². The molecule has 3 heterocycles. The van der Waals surface area contributed by atoms with Crippen molar-refractivity contribution in [2.75, 3.05) is 23.0 Å². The number of imide groups is 1. The lowest BCUT2D eigenvalue weighted by atomic mass is 9.76. The maximum Gasteiger partial charge on any atom is 0.333 e. The number of unbranched alkanes of at least 4 members (excludes halogenated alkanes) is 4. The topological polar surface area (TPSA) is 182 Å². The van der Waals surface area contributed by atoms with Crippen molar-refractivity contribution < 1.29 is 67.3 Å². The minimum atomic E-state index is -4.38. The van der Waals surface area contributed by atoms with Crippen LogP contribution in [-0.2, 0) is 51.4 Å². The summed E-state index contributed by atoms with van der Waals surface area (Å²) >= 11 is 0. The van der Waals surface area contributed by atoms with Crippen LogP contribution in [0.3, 0.4) is 0 Å². The number of halogens is 4. The van der Waals surface area contributed by atoms with Crippen molar-refractivity contribution in [3.05, 3.63) is 101 Å². The van der Waals surface area contributed by atoms with E-state index < -0.39 is 89.5 Å². The van der Waals surface area contributed by atoms with Crippen molar-refractivity contribution in [3.8, 4) is 0 Å². The van der Waals surface area contributed by atoms with Crippen LogP contribution in [0.2, 0.25) is 0 Å². The lowest BCUT2D eigenvalue weighted by Crippen LogP contribution is -2.36. The van der Waals surface area contributed by atoms with Gasteiger partial charge >= 0.3 is 5.97 Å². The highest BCUT2D eigenvalue weighted by atomic mass is 32.2. The molecule has 2 aliphatic rings. The van der Waals surface area contributed by atoms with E-state index in [1.165, 1.54) is 4.90 Å². The van der Waals surface area contributed by atoms with Crippen LogP contribution < -0.4 is 9.47 Å². The normalized spacial score (nSPS) is 17.1. The summed E-state index contributed by atoms with van der Waals surface area (Å²) in [6.45, 7) is 1.78. The number of allylic oxidation sites excluding steroid dienone is 3. The standard InChI is InChI=1S/C43H45F4N3O10S2.2CH4/c1-43(23-8-2-3-20-36(53)60-50-34(51)21-22-35(50)52)33(49(25-10-12-27-62(57,58)59)42-37(43)38(44)39(45)40(46)41(42)47)19-13-16-28-29-14-4-6-17-31(29)48(24-9-11-26-61(54,55)56)32-18-7-5-15-30(28)32;;/h4-7,13-19H,2-3,8-12,20-27H2,1H3,(H-,54,55,56,57,58,59);2*1H4. The van der Waals surface area contributed by atoms with Gasteiger partial charge in [0.1, 0.15) is 6.54 Å². The van der Waals surface area contributed by atoms with Gasteiger partial charge in [0.05, 0.1) is 32.3 Å². The predicted octanol–water partition coefficient (Wildman–Crippen LogP) is 8.34. The first-order valence-corrected chi connectivity index (χ1v) is 23.3. The Bertz CT molecular complexity index is 2640. The molecule has 1 saturated heterocycles. The number of pyridine rings is 1. The molecule has 19 heteroatoms. The predicted molar refractivity (Wildman–Crippen MR) is 233 cm³/mol. The van der Waals surface area contributed by atoms with Crippen LogP contribution in [0.4, 0.5) is 23.2 Å². The van der Waals surface area contributed by atoms with Crippen molar-refractivity contribution >= 4 is 71.6 Å². The average molecular weight is 936 g/mol. The molecule has 0 spiro atoms. The molecule has 2 aliphatic heterocycles. The zero-order valence-electron chi connectivity index (χ0n) is 33.7. The molecule has 0 aliphatic carbocycles. The van der Waals surface area contributed by atoms with E-state index in [0.717, 1.165) is 27.4 Å². The zero-order valence-corrected chi connectivity index (χ0v) is 35.4. The molecule has 0 saturated carbocycles. The minimum Gasteiger partial charge on any atom is -0.748 e. The van der Waals surface area contributed by atoms with Gasteiger partial charge in [0.2, 0.25) is 11.0 Å². The van der Waals surface area contributed by atoms with E-state index in [2.05, 4.69) is 0 Å². The van der Waals surface area contributed by atoms with Crippen molar-refractivity contribution in [3.63, 3.8) is 0 Å². The summed E-state index contributed by atoms with van der Waals surface area (Å²) in [7, 11) is -8.76. The van der Waals surface area contributed by atoms with E-state index in [9.17, 15) is 40.3 Å². The molecule has 6 rings (SSSR count). The highest BCUT2D eigenvalue weighted by molar-refractivity contribution is 7.85. The fraction of sp³-hybridized carbons (Fsp3) is 0.422. The number of para-hydroxylation sites is 2. The van der Waals surface area contributed by atoms with E-state index in [1.807, 2.05) is 53.1 Å². The van der Waals surface area contributed by atoms with Gasteiger partial charge < -0.3 is 14.3 Å². The van der Waals surface area contributed by atoms with E-state index in [-0.39, 0.29) is 84.9 Å². The maximum atomic E-state index is 16.1. The number of hydrogen-bond acceptors (Lipinski definition) is 10. The highest BCUT2D eigenvalue weighted by Crippen LogP contribution is 2.54. The Morgan fingerprint density at radius 1 is 0.812 bits per heavy atom. The Morgan fingerprint density at radius 2 is 1.39 bits per heavy atom. The lowest BCUT2D eigenvalue weighted by Gasteiger charge is -2.30. The summed E-state index contributed by atoms with van der Waals surface area (Å²) in [6.07, 6.45) is 5.94. The van der Waals surface area contributed by atoms with Gasteiger partial charge in [0.15, 0.2) is 23.3 Å². The van der Waals surface area contributed by atoms with Crippen molar-refractivity contribution in [2.24, 2.45) is 0 Å². The molecule has 1 unspecified atom stereocenters. The summed E-state index contributed by atoms with van der Waals surface area (Å²) < 4.78 is 130. The zero-order chi connectivity index (χ0) is 45.0. The molecule has 2 amide bonds. The number of benzene rings is 3. The second kappa shape index (κ2) is 21.2. The van der Waals surface area contributed by atoms with Gasteiger partial charge in [-0.3, -0.25) is 14.1 Å². The summed E-state index contributed by atoms with van der Waals surface area (Å²) in [4.78, 5) is 42.4. The van der Waals surface area contributed by atoms with Gasteiger partial charge in [-0.2, -0.15) is 13.0 Å². The number of carbonyl (C=O) groups excluding carboxylic acids is 3. The first-order chi connectivity index (χ1) is 29.3. The second-order valence-corrected chi connectivity index (χ2v) is 18.6. The number of aryl methyl sites for hydroxylation is 1. The largest absolute Gasteiger partial charge is 0.748 e. The van der Waals surface area contributed by atoms with E-state index in [0.29, 0.717) is 24.4 Å². The van der Waals surface area contributed by atoms with Gasteiger partial charge in [0, 0.05) is 72.4 Å². The Kier molecular flexibility index (Phi) is 17.0. The van der Waals surface area contributed by atoms with E-state index >= 15 is 17.6 Å². The molecule has 1 fully saturated rings. The number of carbonyl (C=O) groups is 3. The van der Waals surface area contributed by atoms with Gasteiger partial charge in [-0.1, -0.05) is 64.1 Å². The minimum absolute atomic E-state index is 0. The highest BCUT2D eigenvalue weighted by Gasteiger charge is 2.49. The first-order valence-electron chi connectivity index (χ1n) is 20.1. The number of hydroxylamine groups is 2. The molecule has 0 bridgehead atoms. The number of rotatable bonds is 19. The fourth-order valence-electron chi connectivity index (χ4n) is 8.32. The van der Waals surface area contributed by atoms with Crippen molar-refractivity contribution in [1.29, 1.82) is 0 Å². The Labute approximate surface area is 370 Å². The first kappa shape index (κ1) is 51.4. The SMILES string of the molecule is C.C.CC1(CCCCCC(=O)ON2C(=O)CCC2=O)C(=CC=Cc2c3ccccc3[n+](CCCCS(=O)(=O)[O-])c3ccccc23)N(CCCCS(=O)(=O)O)c2c(F)c(F)c(F)c(F)c21. The molecule has 1 N–H and O–H groups in total. The fourth-order valence-corrected chi connectivity index (χ4v) is 9.45. The van der Waals surface area contributed by atoms with Gasteiger partial charge in [-0.15, -0.1) is 5.06 Å². The second-order valence-electron chi connectivity index (χ2n) is 15.5. The van der Waals surface area contributed by atoms with Crippen LogP contribution in [0.15, 0.2) is 66.4 Å². The monoisotopic (exact) mass is 935 g/mol. The van der Waals surface area contributed by atoms with Gasteiger partial charge in [-0.25, -0.2) is 30.8 Å². The third-order valence-electron chi connectivity index (χ3n) is 11.2. The maximum absolute atomic E-state index is 16.1. The summed E-state index contributed by atoms with van der Waals surface area (Å²) in [5, 5.41) is 2.01. The van der Waals surface area contributed by atoms with Crippen LogP contribution in [0.1, 0.15) is 104 Å². The van der Waals surface area contributed by atoms with Crippen molar-refractivity contribution in [1.82, 2.24) is 5.06 Å². The van der Waals surface area contributed by atoms with E-state index in [1.54, 1.807) is 25.2 Å². The number of nitrogens with zero attached hydrogens (tertiary/aromatic N) is 3. The molecule has 13 nitrogen and oxygen atoms in total. The van der Waals surface area contributed by atoms with Crippen LogP contribution in [0.25, 0.3) is 27.9 Å². The van der Waals surface area contributed by atoms with Crippen LogP contribution in [0.5, 0.6) is 0 Å². The third kappa shape index (κ3) is 11.3. The van der Waals surface area contributed by atoms with Crippen LogP contribution in [0, 0.1) is 23.3 Å². The molecule has 0 radical (unpaired) electrons.